The summed E-state index contributed by atoms with van der Waals surface area (Å²) in [6.07, 6.45) is 0.437. The molecule has 0 bridgehead atoms. The Morgan fingerprint density at radius 1 is 1.29 bits per heavy atom. The van der Waals surface area contributed by atoms with Crippen molar-refractivity contribution in [3.8, 4) is 12.1 Å². The van der Waals surface area contributed by atoms with Crippen molar-refractivity contribution in [2.75, 3.05) is 25.0 Å². The zero-order chi connectivity index (χ0) is 15.7. The minimum absolute atomic E-state index is 0.00114. The van der Waals surface area contributed by atoms with E-state index in [9.17, 15) is 9.18 Å². The van der Waals surface area contributed by atoms with Crippen molar-refractivity contribution in [1.29, 1.82) is 10.5 Å². The average Bonchev–Trinajstić information content (AvgIpc) is 2.48. The van der Waals surface area contributed by atoms with E-state index in [1.54, 1.807) is 19.1 Å². The van der Waals surface area contributed by atoms with Crippen molar-refractivity contribution in [1.82, 2.24) is 4.90 Å². The summed E-state index contributed by atoms with van der Waals surface area (Å²) in [4.78, 5) is 13.5. The molecule has 0 aromatic heterocycles. The predicted octanol–water partition coefficient (Wildman–Crippen LogP) is 2.20. The summed E-state index contributed by atoms with van der Waals surface area (Å²) in [7, 11) is 0. The third-order valence-electron chi connectivity index (χ3n) is 3.04. The number of benzene rings is 1. The molecule has 0 unspecified atom stereocenters. The SMILES string of the molecule is Cc1c(F)cccc1NCC(=O)N(CCC#N)CCC#N. The molecular formula is C15H17FN4O. The number of nitrogens with one attached hydrogen (secondary N) is 1. The van der Waals surface area contributed by atoms with Crippen LogP contribution in [0.3, 0.4) is 0 Å². The highest BCUT2D eigenvalue weighted by Gasteiger charge is 2.13. The highest BCUT2D eigenvalue weighted by atomic mass is 19.1. The monoisotopic (exact) mass is 288 g/mol. The van der Waals surface area contributed by atoms with Crippen molar-refractivity contribution in [2.24, 2.45) is 0 Å². The second-order valence-electron chi connectivity index (χ2n) is 4.46. The molecule has 21 heavy (non-hydrogen) atoms. The van der Waals surface area contributed by atoms with E-state index in [-0.39, 0.29) is 31.1 Å². The van der Waals surface area contributed by atoms with E-state index in [1.165, 1.54) is 11.0 Å². The molecule has 1 aromatic rings. The summed E-state index contributed by atoms with van der Waals surface area (Å²) in [5.74, 6) is -0.553. The zero-order valence-electron chi connectivity index (χ0n) is 11.9. The minimum atomic E-state index is -0.335. The fourth-order valence-corrected chi connectivity index (χ4v) is 1.81. The molecule has 5 nitrogen and oxygen atoms in total. The van der Waals surface area contributed by atoms with Crippen LogP contribution in [-0.2, 0) is 4.79 Å². The molecule has 0 saturated heterocycles. The molecule has 110 valence electrons. The lowest BCUT2D eigenvalue weighted by atomic mass is 10.2. The van der Waals surface area contributed by atoms with Gasteiger partial charge in [0.05, 0.1) is 31.5 Å². The topological polar surface area (TPSA) is 79.9 Å². The van der Waals surface area contributed by atoms with Crippen LogP contribution in [0, 0.1) is 35.4 Å². The van der Waals surface area contributed by atoms with Gasteiger partial charge in [-0.1, -0.05) is 6.07 Å². The van der Waals surface area contributed by atoms with Gasteiger partial charge >= 0.3 is 0 Å². The van der Waals surface area contributed by atoms with Crippen LogP contribution in [0.25, 0.3) is 0 Å². The molecule has 0 saturated carbocycles. The molecule has 1 rings (SSSR count). The first-order valence-electron chi connectivity index (χ1n) is 6.60. The minimum Gasteiger partial charge on any atom is -0.376 e. The smallest absolute Gasteiger partial charge is 0.241 e. The molecule has 0 radical (unpaired) electrons. The first kappa shape index (κ1) is 16.5. The van der Waals surface area contributed by atoms with Crippen molar-refractivity contribution >= 4 is 11.6 Å². The Morgan fingerprint density at radius 3 is 2.48 bits per heavy atom. The molecule has 0 aliphatic carbocycles. The standard InChI is InChI=1S/C15H17FN4O/c1-12-13(16)5-2-6-14(12)19-11-15(21)20(9-3-7-17)10-4-8-18/h2,5-6,19H,3-4,9-11H2,1H3. The number of amides is 1. The molecule has 6 heteroatoms. The molecule has 1 N–H and O–H groups in total. The van der Waals surface area contributed by atoms with Gasteiger partial charge < -0.3 is 10.2 Å². The van der Waals surface area contributed by atoms with E-state index in [2.05, 4.69) is 5.32 Å². The summed E-state index contributed by atoms with van der Waals surface area (Å²) in [5, 5.41) is 20.1. The molecule has 0 aliphatic heterocycles. The van der Waals surface area contributed by atoms with Gasteiger partial charge in [0.1, 0.15) is 5.82 Å². The Kier molecular flexibility index (Phi) is 6.70. The average molecular weight is 288 g/mol. The summed E-state index contributed by atoms with van der Waals surface area (Å²) in [6.45, 7) is 2.22. The lowest BCUT2D eigenvalue weighted by Gasteiger charge is -2.21. The van der Waals surface area contributed by atoms with E-state index in [4.69, 9.17) is 10.5 Å². The third kappa shape index (κ3) is 5.12. The molecule has 0 aliphatic rings. The van der Waals surface area contributed by atoms with Crippen LogP contribution in [0.4, 0.5) is 10.1 Å². The van der Waals surface area contributed by atoms with Crippen LogP contribution in [0.5, 0.6) is 0 Å². The number of hydrogen-bond donors (Lipinski definition) is 1. The molecule has 0 fully saturated rings. The first-order valence-corrected chi connectivity index (χ1v) is 6.60. The summed E-state index contributed by atoms with van der Waals surface area (Å²) < 4.78 is 13.4. The Bertz CT molecular complexity index is 556. The maximum atomic E-state index is 13.4. The summed E-state index contributed by atoms with van der Waals surface area (Å²) in [6, 6.07) is 8.56. The van der Waals surface area contributed by atoms with E-state index in [1.807, 2.05) is 12.1 Å². The zero-order valence-corrected chi connectivity index (χ0v) is 11.9. The van der Waals surface area contributed by atoms with E-state index >= 15 is 0 Å². The van der Waals surface area contributed by atoms with Gasteiger partial charge in [0.2, 0.25) is 5.91 Å². The lowest BCUT2D eigenvalue weighted by molar-refractivity contribution is -0.129. The first-order chi connectivity index (χ1) is 10.1. The second-order valence-corrected chi connectivity index (χ2v) is 4.46. The van der Waals surface area contributed by atoms with Crippen LogP contribution >= 0.6 is 0 Å². The van der Waals surface area contributed by atoms with E-state index in [0.717, 1.165) is 0 Å². The second kappa shape index (κ2) is 8.55. The fraction of sp³-hybridized carbons (Fsp3) is 0.400. The van der Waals surface area contributed by atoms with Gasteiger partial charge in [-0.3, -0.25) is 4.79 Å². The normalized spacial score (nSPS) is 9.52. The number of hydrogen-bond acceptors (Lipinski definition) is 4. The van der Waals surface area contributed by atoms with Gasteiger partial charge in [-0.05, 0) is 19.1 Å². The molecule has 0 atom stereocenters. The maximum Gasteiger partial charge on any atom is 0.241 e. The molecule has 1 aromatic carbocycles. The van der Waals surface area contributed by atoms with E-state index < -0.39 is 0 Å². The van der Waals surface area contributed by atoms with Gasteiger partial charge in [-0.2, -0.15) is 10.5 Å². The van der Waals surface area contributed by atoms with Crippen molar-refractivity contribution in [2.45, 2.75) is 19.8 Å². The van der Waals surface area contributed by atoms with Crippen molar-refractivity contribution in [3.63, 3.8) is 0 Å². The Morgan fingerprint density at radius 2 is 1.90 bits per heavy atom. The van der Waals surface area contributed by atoms with Crippen LogP contribution in [0.1, 0.15) is 18.4 Å². The number of carbonyl (C=O) groups excluding carboxylic acids is 1. The van der Waals surface area contributed by atoms with Gasteiger partial charge in [0.25, 0.3) is 0 Å². The quantitative estimate of drug-likeness (QED) is 0.834. The van der Waals surface area contributed by atoms with Crippen LogP contribution in [0.2, 0.25) is 0 Å². The molecule has 0 heterocycles. The van der Waals surface area contributed by atoms with Crippen LogP contribution < -0.4 is 5.32 Å². The third-order valence-corrected chi connectivity index (χ3v) is 3.04. The fourth-order valence-electron chi connectivity index (χ4n) is 1.81. The number of anilines is 1. The number of nitrogens with zero attached hydrogens (tertiary/aromatic N) is 3. The van der Waals surface area contributed by atoms with Gasteiger partial charge in [0, 0.05) is 24.3 Å². The van der Waals surface area contributed by atoms with Gasteiger partial charge in [-0.25, -0.2) is 4.39 Å². The van der Waals surface area contributed by atoms with Crippen LogP contribution in [-0.4, -0.2) is 30.4 Å². The highest BCUT2D eigenvalue weighted by Crippen LogP contribution is 2.17. The Labute approximate surface area is 123 Å². The summed E-state index contributed by atoms with van der Waals surface area (Å²) >= 11 is 0. The van der Waals surface area contributed by atoms with Crippen LogP contribution in [0.15, 0.2) is 18.2 Å². The summed E-state index contributed by atoms with van der Waals surface area (Å²) in [5.41, 5.74) is 1.01. The molecule has 1 amide bonds. The molecular weight excluding hydrogens is 271 g/mol. The predicted molar refractivity (Wildman–Crippen MR) is 76.7 cm³/mol. The number of halogens is 1. The lowest BCUT2D eigenvalue weighted by Crippen LogP contribution is -2.37. The largest absolute Gasteiger partial charge is 0.376 e. The number of nitriles is 2. The van der Waals surface area contributed by atoms with Crippen molar-refractivity contribution in [3.05, 3.63) is 29.6 Å². The van der Waals surface area contributed by atoms with Gasteiger partial charge in [0.15, 0.2) is 0 Å². The maximum absolute atomic E-state index is 13.4. The molecule has 0 spiro atoms. The number of rotatable bonds is 7. The van der Waals surface area contributed by atoms with E-state index in [0.29, 0.717) is 24.3 Å². The van der Waals surface area contributed by atoms with Gasteiger partial charge in [-0.15, -0.1) is 0 Å². The Balaban J connectivity index is 2.62. The van der Waals surface area contributed by atoms with Crippen molar-refractivity contribution < 1.29 is 9.18 Å². The Hall–Kier alpha value is -2.60. The highest BCUT2D eigenvalue weighted by molar-refractivity contribution is 5.81. The number of carbonyl (C=O) groups is 1.